The van der Waals surface area contributed by atoms with Crippen molar-refractivity contribution in [2.75, 3.05) is 5.73 Å². The van der Waals surface area contributed by atoms with Crippen molar-refractivity contribution in [3.63, 3.8) is 0 Å². The highest BCUT2D eigenvalue weighted by molar-refractivity contribution is 7.99. The van der Waals surface area contributed by atoms with E-state index in [0.717, 1.165) is 32.6 Å². The van der Waals surface area contributed by atoms with Gasteiger partial charge in [-0.25, -0.2) is 15.0 Å². The molecule has 0 atom stereocenters. The van der Waals surface area contributed by atoms with E-state index in [1.165, 1.54) is 6.33 Å². The zero-order valence-electron chi connectivity index (χ0n) is 15.1. The zero-order chi connectivity index (χ0) is 19.7. The van der Waals surface area contributed by atoms with Gasteiger partial charge in [-0.2, -0.15) is 0 Å². The first-order valence-electron chi connectivity index (χ1n) is 8.67. The molecule has 0 aliphatic carbocycles. The third-order valence-electron chi connectivity index (χ3n) is 4.43. The molecule has 0 fully saturated rings. The SMILES string of the molecule is Cc1cc(Cl)ccc1Sc1nc2c(N)ncnc2n1CCc1ccccc1Cl. The number of anilines is 1. The van der Waals surface area contributed by atoms with Gasteiger partial charge in [0.1, 0.15) is 6.33 Å². The minimum Gasteiger partial charge on any atom is -0.382 e. The molecule has 0 amide bonds. The van der Waals surface area contributed by atoms with Gasteiger partial charge in [0.05, 0.1) is 0 Å². The number of hydrogen-bond donors (Lipinski definition) is 1. The van der Waals surface area contributed by atoms with Crippen LogP contribution < -0.4 is 5.73 Å². The van der Waals surface area contributed by atoms with E-state index < -0.39 is 0 Å². The van der Waals surface area contributed by atoms with Crippen LogP contribution in [0.1, 0.15) is 11.1 Å². The number of nitrogens with zero attached hydrogens (tertiary/aromatic N) is 4. The van der Waals surface area contributed by atoms with E-state index in [9.17, 15) is 0 Å². The Morgan fingerprint density at radius 1 is 1.11 bits per heavy atom. The molecule has 8 heteroatoms. The van der Waals surface area contributed by atoms with Crippen LogP contribution in [-0.2, 0) is 13.0 Å². The number of aryl methyl sites for hydroxylation is 3. The van der Waals surface area contributed by atoms with Crippen LogP contribution in [0.25, 0.3) is 11.2 Å². The van der Waals surface area contributed by atoms with Crippen LogP contribution in [0.2, 0.25) is 10.0 Å². The first kappa shape index (κ1) is 19.1. The molecule has 0 spiro atoms. The fraction of sp³-hybridized carbons (Fsp3) is 0.150. The van der Waals surface area contributed by atoms with Gasteiger partial charge in [-0.1, -0.05) is 53.2 Å². The number of benzene rings is 2. The van der Waals surface area contributed by atoms with Gasteiger partial charge >= 0.3 is 0 Å². The van der Waals surface area contributed by atoms with E-state index in [1.807, 2.05) is 49.4 Å². The molecule has 0 aliphatic rings. The van der Waals surface area contributed by atoms with E-state index in [0.29, 0.717) is 28.5 Å². The van der Waals surface area contributed by atoms with Crippen LogP contribution in [0.3, 0.4) is 0 Å². The molecule has 0 saturated heterocycles. The van der Waals surface area contributed by atoms with E-state index in [-0.39, 0.29) is 0 Å². The van der Waals surface area contributed by atoms with E-state index in [4.69, 9.17) is 33.9 Å². The van der Waals surface area contributed by atoms with Gasteiger partial charge in [0.15, 0.2) is 22.1 Å². The Balaban J connectivity index is 1.73. The summed E-state index contributed by atoms with van der Waals surface area (Å²) < 4.78 is 2.06. The third-order valence-corrected chi connectivity index (χ3v) is 6.20. The van der Waals surface area contributed by atoms with Crippen molar-refractivity contribution in [2.45, 2.75) is 29.9 Å². The van der Waals surface area contributed by atoms with Crippen molar-refractivity contribution < 1.29 is 0 Å². The van der Waals surface area contributed by atoms with E-state index in [1.54, 1.807) is 11.8 Å². The third kappa shape index (κ3) is 3.81. The Kier molecular flexibility index (Phi) is 5.44. The second-order valence-electron chi connectivity index (χ2n) is 6.33. The highest BCUT2D eigenvalue weighted by Crippen LogP contribution is 2.34. The molecule has 0 unspecified atom stereocenters. The van der Waals surface area contributed by atoms with Crippen molar-refractivity contribution in [3.05, 3.63) is 70.0 Å². The average molecular weight is 430 g/mol. The van der Waals surface area contributed by atoms with Gasteiger partial charge in [0, 0.05) is 21.5 Å². The van der Waals surface area contributed by atoms with Crippen LogP contribution in [0, 0.1) is 6.92 Å². The molecule has 0 saturated carbocycles. The maximum Gasteiger partial charge on any atom is 0.175 e. The Morgan fingerprint density at radius 2 is 1.93 bits per heavy atom. The molecule has 4 rings (SSSR count). The highest BCUT2D eigenvalue weighted by Gasteiger charge is 2.17. The number of nitrogens with two attached hydrogens (primary N) is 1. The lowest BCUT2D eigenvalue weighted by atomic mass is 10.1. The summed E-state index contributed by atoms with van der Waals surface area (Å²) in [5.41, 5.74) is 9.52. The lowest BCUT2D eigenvalue weighted by Gasteiger charge is -2.10. The smallest absolute Gasteiger partial charge is 0.175 e. The lowest BCUT2D eigenvalue weighted by Crippen LogP contribution is -2.05. The van der Waals surface area contributed by atoms with Crippen molar-refractivity contribution in [2.24, 2.45) is 0 Å². The minimum atomic E-state index is 0.371. The second kappa shape index (κ2) is 7.99. The molecule has 2 aromatic carbocycles. The van der Waals surface area contributed by atoms with Crippen molar-refractivity contribution in [3.8, 4) is 0 Å². The molecule has 2 N–H and O–H groups in total. The van der Waals surface area contributed by atoms with Crippen LogP contribution in [-0.4, -0.2) is 19.5 Å². The van der Waals surface area contributed by atoms with Gasteiger partial charge in [-0.05, 0) is 48.7 Å². The van der Waals surface area contributed by atoms with Crippen LogP contribution >= 0.6 is 35.0 Å². The Bertz CT molecular complexity index is 1160. The lowest BCUT2D eigenvalue weighted by molar-refractivity contribution is 0.647. The topological polar surface area (TPSA) is 69.6 Å². The monoisotopic (exact) mass is 429 g/mol. The van der Waals surface area contributed by atoms with Crippen LogP contribution in [0.15, 0.2) is 58.8 Å². The summed E-state index contributed by atoms with van der Waals surface area (Å²) in [6, 6.07) is 13.7. The van der Waals surface area contributed by atoms with Gasteiger partial charge in [0.2, 0.25) is 0 Å². The fourth-order valence-corrected chi connectivity index (χ4v) is 4.41. The molecular formula is C20H17Cl2N5S. The van der Waals surface area contributed by atoms with Gasteiger partial charge in [-0.15, -0.1) is 0 Å². The molecule has 2 heterocycles. The summed E-state index contributed by atoms with van der Waals surface area (Å²) in [4.78, 5) is 14.3. The summed E-state index contributed by atoms with van der Waals surface area (Å²) in [5.74, 6) is 0.371. The number of nitrogen functional groups attached to an aromatic ring is 1. The standard InChI is InChI=1S/C20H17Cl2N5S/c1-12-10-14(21)6-7-16(12)28-20-26-17-18(23)24-11-25-19(17)27(20)9-8-13-4-2-3-5-15(13)22/h2-7,10-11H,8-9H2,1H3,(H2,23,24,25). The average Bonchev–Trinajstić information content (AvgIpc) is 3.02. The fourth-order valence-electron chi connectivity index (χ4n) is 2.97. The maximum atomic E-state index is 6.32. The maximum absolute atomic E-state index is 6.32. The molecule has 28 heavy (non-hydrogen) atoms. The summed E-state index contributed by atoms with van der Waals surface area (Å²) in [6.07, 6.45) is 2.22. The Labute approximate surface area is 176 Å². The van der Waals surface area contributed by atoms with Gasteiger partial charge in [0.25, 0.3) is 0 Å². The van der Waals surface area contributed by atoms with Crippen molar-refractivity contribution in [1.29, 1.82) is 0 Å². The van der Waals surface area contributed by atoms with Crippen molar-refractivity contribution >= 4 is 51.9 Å². The van der Waals surface area contributed by atoms with Crippen LogP contribution in [0.4, 0.5) is 5.82 Å². The first-order valence-corrected chi connectivity index (χ1v) is 10.2. The summed E-state index contributed by atoms with van der Waals surface area (Å²) in [5, 5.41) is 2.27. The number of hydrogen-bond acceptors (Lipinski definition) is 5. The minimum absolute atomic E-state index is 0.371. The second-order valence-corrected chi connectivity index (χ2v) is 8.18. The van der Waals surface area contributed by atoms with E-state index >= 15 is 0 Å². The number of rotatable bonds is 5. The summed E-state index contributed by atoms with van der Waals surface area (Å²) in [6.45, 7) is 2.70. The molecule has 142 valence electrons. The predicted octanol–water partition coefficient (Wildman–Crippen LogP) is 5.42. The number of aromatic nitrogens is 4. The molecule has 0 radical (unpaired) electrons. The predicted molar refractivity (Wildman–Crippen MR) is 115 cm³/mol. The summed E-state index contributed by atoms with van der Waals surface area (Å²) >= 11 is 14.0. The Hall–Kier alpha value is -2.28. The number of fused-ring (bicyclic) bond motifs is 1. The van der Waals surface area contributed by atoms with E-state index in [2.05, 4.69) is 14.5 Å². The summed E-state index contributed by atoms with van der Waals surface area (Å²) in [7, 11) is 0. The first-order chi connectivity index (χ1) is 13.5. The Morgan fingerprint density at radius 3 is 2.71 bits per heavy atom. The van der Waals surface area contributed by atoms with Gasteiger partial charge in [-0.3, -0.25) is 0 Å². The quantitative estimate of drug-likeness (QED) is 0.458. The largest absolute Gasteiger partial charge is 0.382 e. The molecular weight excluding hydrogens is 413 g/mol. The molecule has 0 aliphatic heterocycles. The van der Waals surface area contributed by atoms with Gasteiger partial charge < -0.3 is 10.3 Å². The van der Waals surface area contributed by atoms with Crippen LogP contribution in [0.5, 0.6) is 0 Å². The number of imidazole rings is 1. The molecule has 2 aromatic heterocycles. The van der Waals surface area contributed by atoms with Crippen molar-refractivity contribution in [1.82, 2.24) is 19.5 Å². The molecule has 0 bridgehead atoms. The zero-order valence-corrected chi connectivity index (χ0v) is 17.4. The normalized spacial score (nSPS) is 11.2. The molecule has 4 aromatic rings. The molecule has 5 nitrogen and oxygen atoms in total. The number of halogens is 2. The highest BCUT2D eigenvalue weighted by atomic mass is 35.5.